The third-order valence-corrected chi connectivity index (χ3v) is 5.24. The molecule has 0 saturated carbocycles. The number of amides is 3. The van der Waals surface area contributed by atoms with Gasteiger partial charge in [-0.15, -0.1) is 0 Å². The molecule has 1 heterocycles. The number of H-pyrrole nitrogens is 1. The fourth-order valence-electron chi connectivity index (χ4n) is 3.20. The number of aromatic amines is 1. The molecule has 13 N–H and O–H groups in total. The number of rotatable bonds is 17. The number of aromatic nitrogens is 2. The molecule has 17 heteroatoms. The maximum Gasteiger partial charge on any atom is 0.326 e. The van der Waals surface area contributed by atoms with E-state index in [1.165, 1.54) is 19.4 Å². The lowest BCUT2D eigenvalue weighted by Gasteiger charge is -2.26. The summed E-state index contributed by atoms with van der Waals surface area (Å²) in [6, 6.07) is -5.53. The molecule has 5 unspecified atom stereocenters. The zero-order valence-corrected chi connectivity index (χ0v) is 20.8. The molecule has 1 aromatic rings. The number of guanidine groups is 1. The third-order valence-electron chi connectivity index (χ3n) is 5.24. The van der Waals surface area contributed by atoms with Gasteiger partial charge in [0.2, 0.25) is 17.7 Å². The lowest BCUT2D eigenvalue weighted by atomic mass is 10.1. The van der Waals surface area contributed by atoms with Crippen molar-refractivity contribution in [2.75, 3.05) is 6.54 Å². The van der Waals surface area contributed by atoms with Gasteiger partial charge >= 0.3 is 11.9 Å². The van der Waals surface area contributed by atoms with Crippen LogP contribution in [0.5, 0.6) is 0 Å². The maximum atomic E-state index is 12.9. The zero-order valence-electron chi connectivity index (χ0n) is 20.8. The van der Waals surface area contributed by atoms with Gasteiger partial charge in [-0.05, 0) is 26.2 Å². The molecule has 0 spiro atoms. The van der Waals surface area contributed by atoms with E-state index in [0.717, 1.165) is 0 Å². The van der Waals surface area contributed by atoms with Gasteiger partial charge in [-0.1, -0.05) is 0 Å². The number of aliphatic imine (C=N–C) groups is 1. The van der Waals surface area contributed by atoms with Crippen LogP contribution in [-0.2, 0) is 30.4 Å². The summed E-state index contributed by atoms with van der Waals surface area (Å²) in [4.78, 5) is 71.1. The number of aliphatic hydroxyl groups excluding tert-OH is 1. The average Bonchev–Trinajstić information content (AvgIpc) is 3.34. The third kappa shape index (κ3) is 11.7. The number of hydrogen-bond acceptors (Lipinski definition) is 9. The number of nitrogens with zero attached hydrogens (tertiary/aromatic N) is 2. The van der Waals surface area contributed by atoms with Gasteiger partial charge in [-0.2, -0.15) is 0 Å². The van der Waals surface area contributed by atoms with E-state index in [9.17, 15) is 34.2 Å². The average molecular weight is 542 g/mol. The minimum atomic E-state index is -1.55. The summed E-state index contributed by atoms with van der Waals surface area (Å²) in [7, 11) is 0. The maximum absolute atomic E-state index is 12.9. The molecule has 17 nitrogen and oxygen atoms in total. The Kier molecular flexibility index (Phi) is 13.2. The van der Waals surface area contributed by atoms with Crippen LogP contribution in [0.15, 0.2) is 17.5 Å². The van der Waals surface area contributed by atoms with Crippen molar-refractivity contribution in [3.63, 3.8) is 0 Å². The minimum absolute atomic E-state index is 0.119. The highest BCUT2D eigenvalue weighted by Crippen LogP contribution is 2.05. The number of imidazole rings is 1. The summed E-state index contributed by atoms with van der Waals surface area (Å²) in [5.41, 5.74) is 16.7. The Morgan fingerprint density at radius 1 is 1.03 bits per heavy atom. The molecule has 38 heavy (non-hydrogen) atoms. The largest absolute Gasteiger partial charge is 0.481 e. The highest BCUT2D eigenvalue weighted by atomic mass is 16.4. The van der Waals surface area contributed by atoms with Crippen LogP contribution in [0.1, 0.15) is 38.3 Å². The second kappa shape index (κ2) is 15.8. The number of hydrogen-bond donors (Lipinski definition) is 10. The Hall–Kier alpha value is -4.25. The number of carbonyl (C=O) groups is 5. The Balaban J connectivity index is 2.91. The van der Waals surface area contributed by atoms with E-state index in [1.54, 1.807) is 0 Å². The number of nitrogens with one attached hydrogen (secondary N) is 4. The van der Waals surface area contributed by atoms with E-state index in [-0.39, 0.29) is 25.3 Å². The van der Waals surface area contributed by atoms with Gasteiger partial charge in [0, 0.05) is 31.3 Å². The van der Waals surface area contributed by atoms with Crippen LogP contribution >= 0.6 is 0 Å². The first-order chi connectivity index (χ1) is 17.8. The molecule has 0 aliphatic rings. The van der Waals surface area contributed by atoms with Gasteiger partial charge in [0.15, 0.2) is 5.96 Å². The first-order valence-electron chi connectivity index (χ1n) is 11.6. The molecule has 0 aliphatic heterocycles. The van der Waals surface area contributed by atoms with Crippen molar-refractivity contribution in [1.82, 2.24) is 25.9 Å². The van der Waals surface area contributed by atoms with Crippen LogP contribution in [0.4, 0.5) is 0 Å². The van der Waals surface area contributed by atoms with Crippen LogP contribution in [0.25, 0.3) is 0 Å². The highest BCUT2D eigenvalue weighted by molar-refractivity contribution is 5.94. The topological polar surface area (TPSA) is 301 Å². The van der Waals surface area contributed by atoms with Crippen molar-refractivity contribution in [3.8, 4) is 0 Å². The molecule has 3 amide bonds. The molecule has 0 bridgehead atoms. The van der Waals surface area contributed by atoms with Crippen LogP contribution in [-0.4, -0.2) is 97.7 Å². The molecule has 1 rings (SSSR count). The molecule has 0 aliphatic carbocycles. The van der Waals surface area contributed by atoms with Crippen molar-refractivity contribution in [2.45, 2.75) is 69.3 Å². The number of nitrogens with two attached hydrogens (primary N) is 3. The molecule has 0 fully saturated rings. The second-order valence-corrected chi connectivity index (χ2v) is 8.46. The summed E-state index contributed by atoms with van der Waals surface area (Å²) < 4.78 is 0. The Bertz CT molecular complexity index is 979. The quantitative estimate of drug-likeness (QED) is 0.0514. The molecule has 1 aromatic heterocycles. The van der Waals surface area contributed by atoms with Crippen molar-refractivity contribution < 1.29 is 39.3 Å². The minimum Gasteiger partial charge on any atom is -0.481 e. The standard InChI is InChI=1S/C21H35N9O8/c1-10(31)16(30-17(34)12(22)3-2-6-26-21(23)24)19(36)28-13(4-5-15(32)33)18(35)29-14(20(37)38)7-11-8-25-9-27-11/h8-10,12-14,16,31H,2-7,22H2,1H3,(H,25,27)(H,28,36)(H,29,35)(H,30,34)(H,32,33)(H,37,38)(H4,23,24,26). The van der Waals surface area contributed by atoms with E-state index in [1.807, 2.05) is 0 Å². The van der Waals surface area contributed by atoms with Gasteiger partial charge in [0.25, 0.3) is 0 Å². The normalized spacial score (nSPS) is 14.7. The van der Waals surface area contributed by atoms with Gasteiger partial charge in [0.05, 0.1) is 18.5 Å². The van der Waals surface area contributed by atoms with Crippen molar-refractivity contribution in [1.29, 1.82) is 0 Å². The Labute approximate surface area is 217 Å². The van der Waals surface area contributed by atoms with Crippen LogP contribution in [0.3, 0.4) is 0 Å². The number of carboxylic acid groups (broad SMARTS) is 2. The SMILES string of the molecule is CC(O)C(NC(=O)C(N)CCCN=C(N)N)C(=O)NC(CCC(=O)O)C(=O)NC(Cc1cnc[nH]1)C(=O)O. The van der Waals surface area contributed by atoms with Gasteiger partial charge in [-0.3, -0.25) is 24.2 Å². The Morgan fingerprint density at radius 2 is 1.68 bits per heavy atom. The summed E-state index contributed by atoms with van der Waals surface area (Å²) in [6.45, 7) is 1.44. The van der Waals surface area contributed by atoms with Crippen molar-refractivity contribution >= 4 is 35.6 Å². The lowest BCUT2D eigenvalue weighted by Crippen LogP contribution is -2.60. The summed E-state index contributed by atoms with van der Waals surface area (Å²) in [5, 5.41) is 35.4. The van der Waals surface area contributed by atoms with E-state index in [0.29, 0.717) is 12.1 Å². The van der Waals surface area contributed by atoms with Crippen LogP contribution in [0, 0.1) is 0 Å². The van der Waals surface area contributed by atoms with Crippen LogP contribution in [0.2, 0.25) is 0 Å². The van der Waals surface area contributed by atoms with Gasteiger partial charge in [-0.25, -0.2) is 9.78 Å². The van der Waals surface area contributed by atoms with Gasteiger partial charge < -0.3 is 53.5 Å². The summed E-state index contributed by atoms with van der Waals surface area (Å²) in [6.07, 6.45) is 0.694. The predicted octanol–water partition coefficient (Wildman–Crippen LogP) is -3.88. The van der Waals surface area contributed by atoms with Crippen molar-refractivity contribution in [3.05, 3.63) is 18.2 Å². The van der Waals surface area contributed by atoms with E-state index >= 15 is 0 Å². The van der Waals surface area contributed by atoms with E-state index < -0.39 is 72.8 Å². The Morgan fingerprint density at radius 3 is 2.21 bits per heavy atom. The first kappa shape index (κ1) is 31.8. The number of carbonyl (C=O) groups excluding carboxylic acids is 3. The molecule has 0 radical (unpaired) electrons. The van der Waals surface area contributed by atoms with Gasteiger partial charge in [0.1, 0.15) is 18.1 Å². The monoisotopic (exact) mass is 541 g/mol. The molecule has 212 valence electrons. The summed E-state index contributed by atoms with van der Waals surface area (Å²) >= 11 is 0. The lowest BCUT2D eigenvalue weighted by molar-refractivity contribution is -0.143. The number of carboxylic acids is 2. The number of aliphatic carboxylic acids is 2. The first-order valence-corrected chi connectivity index (χ1v) is 11.6. The molecular weight excluding hydrogens is 506 g/mol. The second-order valence-electron chi connectivity index (χ2n) is 8.46. The van der Waals surface area contributed by atoms with Crippen molar-refractivity contribution in [2.24, 2.45) is 22.2 Å². The zero-order chi connectivity index (χ0) is 28.8. The van der Waals surface area contributed by atoms with E-state index in [4.69, 9.17) is 22.3 Å². The fourth-order valence-corrected chi connectivity index (χ4v) is 3.20. The van der Waals surface area contributed by atoms with E-state index in [2.05, 4.69) is 30.9 Å². The summed E-state index contributed by atoms with van der Waals surface area (Å²) in [5.74, 6) is -5.51. The fraction of sp³-hybridized carbons (Fsp3) is 0.571. The highest BCUT2D eigenvalue weighted by Gasteiger charge is 2.32. The van der Waals surface area contributed by atoms with Crippen LogP contribution < -0.4 is 33.2 Å². The molecule has 5 atom stereocenters. The molecule has 0 aromatic carbocycles. The molecular formula is C21H35N9O8. The molecule has 0 saturated heterocycles. The predicted molar refractivity (Wildman–Crippen MR) is 132 cm³/mol. The smallest absolute Gasteiger partial charge is 0.326 e. The number of aliphatic hydroxyl groups is 1.